The first-order valence-corrected chi connectivity index (χ1v) is 8.77. The van der Waals surface area contributed by atoms with Crippen LogP contribution in [0.3, 0.4) is 0 Å². The number of likely N-dealkylation sites (tertiary alicyclic amines) is 1. The van der Waals surface area contributed by atoms with Crippen LogP contribution >= 0.6 is 0 Å². The second-order valence-electron chi connectivity index (χ2n) is 7.13. The van der Waals surface area contributed by atoms with E-state index in [1.807, 2.05) is 12.4 Å². The molecule has 0 aliphatic carbocycles. The monoisotopic (exact) mass is 342 g/mol. The molecule has 1 atom stereocenters. The predicted molar refractivity (Wildman–Crippen MR) is 95.1 cm³/mol. The van der Waals surface area contributed by atoms with Crippen LogP contribution in [0.4, 0.5) is 0 Å². The van der Waals surface area contributed by atoms with E-state index >= 15 is 0 Å². The lowest BCUT2D eigenvalue weighted by molar-refractivity contribution is 0.0824. The zero-order valence-corrected chi connectivity index (χ0v) is 15.4. The van der Waals surface area contributed by atoms with Gasteiger partial charge in [-0.25, -0.2) is 9.97 Å². The highest BCUT2D eigenvalue weighted by Crippen LogP contribution is 2.33. The van der Waals surface area contributed by atoms with Gasteiger partial charge in [0.25, 0.3) is 5.91 Å². The van der Waals surface area contributed by atoms with Gasteiger partial charge in [0.05, 0.1) is 23.5 Å². The standard InChI is InChI=1S/C18H26N6O/c1-12(2)17-19-8-13(9-20-17)11-24-7-5-6-15(24)16-14(10-21-22-16)18(25)23(3)4/h8-10,12,15H,5-7,11H2,1-4H3,(H,21,22)/t15-/m1/s1. The fraction of sp³-hybridized carbons (Fsp3) is 0.556. The Balaban J connectivity index is 1.77. The maximum Gasteiger partial charge on any atom is 0.256 e. The SMILES string of the molecule is CC(C)c1ncc(CN2CCC[C@@H]2c2[nH]ncc2C(=O)N(C)C)cn1. The molecule has 2 aromatic rings. The van der Waals surface area contributed by atoms with Crippen molar-refractivity contribution in [1.82, 2.24) is 30.0 Å². The zero-order chi connectivity index (χ0) is 18.0. The molecule has 1 saturated heterocycles. The average Bonchev–Trinajstić information content (AvgIpc) is 3.23. The van der Waals surface area contributed by atoms with Crippen molar-refractivity contribution in [1.29, 1.82) is 0 Å². The Hall–Kier alpha value is -2.28. The molecule has 3 heterocycles. The Bertz CT molecular complexity index is 721. The summed E-state index contributed by atoms with van der Waals surface area (Å²) in [6, 6.07) is 0.172. The molecule has 0 radical (unpaired) electrons. The minimum Gasteiger partial charge on any atom is -0.345 e. The lowest BCUT2D eigenvalue weighted by Crippen LogP contribution is -2.27. The van der Waals surface area contributed by atoms with Crippen molar-refractivity contribution in [3.63, 3.8) is 0 Å². The molecule has 134 valence electrons. The average molecular weight is 342 g/mol. The minimum absolute atomic E-state index is 0.0137. The van der Waals surface area contributed by atoms with Crippen LogP contribution in [0.1, 0.15) is 66.1 Å². The van der Waals surface area contributed by atoms with Crippen LogP contribution in [0.2, 0.25) is 0 Å². The minimum atomic E-state index is -0.0137. The topological polar surface area (TPSA) is 78.0 Å². The predicted octanol–water partition coefficient (Wildman–Crippen LogP) is 2.36. The van der Waals surface area contributed by atoms with Crippen LogP contribution in [0, 0.1) is 0 Å². The molecule has 1 N–H and O–H groups in total. The van der Waals surface area contributed by atoms with E-state index in [9.17, 15) is 4.79 Å². The Morgan fingerprint density at radius 1 is 1.32 bits per heavy atom. The number of amides is 1. The van der Waals surface area contributed by atoms with Crippen molar-refractivity contribution in [2.24, 2.45) is 0 Å². The highest BCUT2D eigenvalue weighted by molar-refractivity contribution is 5.94. The molecule has 0 spiro atoms. The largest absolute Gasteiger partial charge is 0.345 e. The molecule has 1 amide bonds. The van der Waals surface area contributed by atoms with Crippen LogP contribution in [0.15, 0.2) is 18.6 Å². The van der Waals surface area contributed by atoms with E-state index in [4.69, 9.17) is 0 Å². The van der Waals surface area contributed by atoms with Crippen LogP contribution in [0.5, 0.6) is 0 Å². The molecule has 2 aromatic heterocycles. The molecule has 0 saturated carbocycles. The first kappa shape index (κ1) is 17.5. The third-order valence-corrected chi connectivity index (χ3v) is 4.63. The van der Waals surface area contributed by atoms with Gasteiger partial charge < -0.3 is 4.90 Å². The fourth-order valence-corrected chi connectivity index (χ4v) is 3.28. The molecule has 1 fully saturated rings. The first-order chi connectivity index (χ1) is 12.0. The molecule has 0 bridgehead atoms. The van der Waals surface area contributed by atoms with Gasteiger partial charge in [0.15, 0.2) is 0 Å². The molecule has 7 heteroatoms. The molecule has 1 aliphatic rings. The van der Waals surface area contributed by atoms with Crippen LogP contribution < -0.4 is 0 Å². The molecule has 0 aromatic carbocycles. The Labute approximate surface area is 148 Å². The number of carbonyl (C=O) groups is 1. The normalized spacial score (nSPS) is 18.0. The quantitative estimate of drug-likeness (QED) is 0.902. The van der Waals surface area contributed by atoms with E-state index in [0.717, 1.165) is 43.0 Å². The van der Waals surface area contributed by atoms with Gasteiger partial charge in [0.1, 0.15) is 5.82 Å². The van der Waals surface area contributed by atoms with E-state index in [1.54, 1.807) is 25.2 Å². The Morgan fingerprint density at radius 3 is 2.68 bits per heavy atom. The van der Waals surface area contributed by atoms with Crippen molar-refractivity contribution in [2.45, 2.75) is 45.2 Å². The van der Waals surface area contributed by atoms with Crippen LogP contribution in [0.25, 0.3) is 0 Å². The summed E-state index contributed by atoms with van der Waals surface area (Å²) >= 11 is 0. The van der Waals surface area contributed by atoms with Crippen molar-refractivity contribution in [2.75, 3.05) is 20.6 Å². The second kappa shape index (κ2) is 7.31. The van der Waals surface area contributed by atoms with E-state index in [2.05, 4.69) is 38.9 Å². The van der Waals surface area contributed by atoms with E-state index in [-0.39, 0.29) is 11.9 Å². The van der Waals surface area contributed by atoms with Gasteiger partial charge in [-0.05, 0) is 19.4 Å². The van der Waals surface area contributed by atoms with Crippen molar-refractivity contribution >= 4 is 5.91 Å². The number of nitrogens with zero attached hydrogens (tertiary/aromatic N) is 5. The summed E-state index contributed by atoms with van der Waals surface area (Å²) < 4.78 is 0. The van der Waals surface area contributed by atoms with Gasteiger partial charge in [0, 0.05) is 44.5 Å². The number of hydrogen-bond donors (Lipinski definition) is 1. The molecule has 0 unspecified atom stereocenters. The van der Waals surface area contributed by atoms with Crippen molar-refractivity contribution in [3.05, 3.63) is 41.2 Å². The summed E-state index contributed by atoms with van der Waals surface area (Å²) in [6.07, 6.45) is 7.58. The van der Waals surface area contributed by atoms with Crippen molar-refractivity contribution in [3.8, 4) is 0 Å². The van der Waals surface area contributed by atoms with Crippen LogP contribution in [-0.2, 0) is 6.54 Å². The molecular weight excluding hydrogens is 316 g/mol. The molecule has 3 rings (SSSR count). The zero-order valence-electron chi connectivity index (χ0n) is 15.4. The number of aromatic nitrogens is 4. The highest BCUT2D eigenvalue weighted by atomic mass is 16.2. The van der Waals surface area contributed by atoms with Crippen LogP contribution in [-0.4, -0.2) is 56.5 Å². The van der Waals surface area contributed by atoms with Gasteiger partial charge in [-0.15, -0.1) is 0 Å². The molecule has 7 nitrogen and oxygen atoms in total. The fourth-order valence-electron chi connectivity index (χ4n) is 3.28. The summed E-state index contributed by atoms with van der Waals surface area (Å²) in [7, 11) is 3.53. The number of aromatic amines is 1. The summed E-state index contributed by atoms with van der Waals surface area (Å²) in [6.45, 7) is 5.95. The lowest BCUT2D eigenvalue weighted by atomic mass is 10.1. The van der Waals surface area contributed by atoms with Gasteiger partial charge in [-0.2, -0.15) is 5.10 Å². The van der Waals surface area contributed by atoms with Gasteiger partial charge >= 0.3 is 0 Å². The number of nitrogens with one attached hydrogen (secondary N) is 1. The molecule has 25 heavy (non-hydrogen) atoms. The van der Waals surface area contributed by atoms with Gasteiger partial charge in [0.2, 0.25) is 0 Å². The lowest BCUT2D eigenvalue weighted by Gasteiger charge is -2.24. The first-order valence-electron chi connectivity index (χ1n) is 8.77. The molecule has 1 aliphatic heterocycles. The summed E-state index contributed by atoms with van der Waals surface area (Å²) in [5.74, 6) is 1.19. The van der Waals surface area contributed by atoms with E-state index in [0.29, 0.717) is 11.5 Å². The number of H-pyrrole nitrogens is 1. The summed E-state index contributed by atoms with van der Waals surface area (Å²) in [5, 5.41) is 7.17. The van der Waals surface area contributed by atoms with E-state index in [1.165, 1.54) is 0 Å². The number of hydrogen-bond acceptors (Lipinski definition) is 5. The van der Waals surface area contributed by atoms with E-state index < -0.39 is 0 Å². The number of rotatable bonds is 5. The number of carbonyl (C=O) groups excluding carboxylic acids is 1. The Kier molecular flexibility index (Phi) is 5.13. The van der Waals surface area contributed by atoms with Crippen molar-refractivity contribution < 1.29 is 4.79 Å². The third-order valence-electron chi connectivity index (χ3n) is 4.63. The van der Waals surface area contributed by atoms with Gasteiger partial charge in [-0.3, -0.25) is 14.8 Å². The third kappa shape index (κ3) is 3.71. The highest BCUT2D eigenvalue weighted by Gasteiger charge is 2.31. The maximum absolute atomic E-state index is 12.4. The summed E-state index contributed by atoms with van der Waals surface area (Å²) in [5.41, 5.74) is 2.67. The van der Waals surface area contributed by atoms with Gasteiger partial charge in [-0.1, -0.05) is 13.8 Å². The Morgan fingerprint density at radius 2 is 2.04 bits per heavy atom. The smallest absolute Gasteiger partial charge is 0.256 e. The summed E-state index contributed by atoms with van der Waals surface area (Å²) in [4.78, 5) is 25.3. The second-order valence-corrected chi connectivity index (χ2v) is 7.13. The maximum atomic E-state index is 12.4. The molecular formula is C18H26N6O.